The zero-order valence-electron chi connectivity index (χ0n) is 11.5. The topological polar surface area (TPSA) is 35.2 Å². The summed E-state index contributed by atoms with van der Waals surface area (Å²) in [6.45, 7) is 0. The van der Waals surface area contributed by atoms with Crippen LogP contribution in [0.5, 0.6) is 5.75 Å². The van der Waals surface area contributed by atoms with E-state index >= 15 is 0 Å². The number of benzene rings is 2. The molecule has 1 unspecified atom stereocenters. The number of hydrogen-bond acceptors (Lipinski definition) is 2. The van der Waals surface area contributed by atoms with Gasteiger partial charge >= 0.3 is 0 Å². The van der Waals surface area contributed by atoms with Crippen LogP contribution in [0, 0.1) is 5.82 Å². The molecule has 104 valence electrons. The Morgan fingerprint density at radius 1 is 1.10 bits per heavy atom. The lowest BCUT2D eigenvalue weighted by Crippen LogP contribution is -2.43. The van der Waals surface area contributed by atoms with Crippen LogP contribution in [0.25, 0.3) is 0 Å². The third-order valence-electron chi connectivity index (χ3n) is 4.18. The fraction of sp³-hybridized carbons (Fsp3) is 0.294. The molecule has 2 aromatic rings. The number of methoxy groups -OCH3 is 1. The summed E-state index contributed by atoms with van der Waals surface area (Å²) in [7, 11) is 1.47. The molecule has 0 aliphatic heterocycles. The van der Waals surface area contributed by atoms with Gasteiger partial charge in [-0.1, -0.05) is 36.4 Å². The van der Waals surface area contributed by atoms with Crippen molar-refractivity contribution in [1.29, 1.82) is 0 Å². The van der Waals surface area contributed by atoms with E-state index in [2.05, 4.69) is 12.1 Å². The quantitative estimate of drug-likeness (QED) is 0.910. The molecule has 2 aromatic carbocycles. The number of aryl methyl sites for hydroxylation is 1. The van der Waals surface area contributed by atoms with E-state index in [1.54, 1.807) is 18.2 Å². The Balaban J connectivity index is 2.03. The van der Waals surface area contributed by atoms with Crippen molar-refractivity contribution >= 4 is 0 Å². The van der Waals surface area contributed by atoms with Crippen molar-refractivity contribution in [2.24, 2.45) is 5.73 Å². The lowest BCUT2D eigenvalue weighted by molar-refractivity contribution is 0.346. The Morgan fingerprint density at radius 2 is 1.85 bits per heavy atom. The first-order valence-corrected chi connectivity index (χ1v) is 6.83. The molecule has 0 saturated carbocycles. The van der Waals surface area contributed by atoms with Crippen molar-refractivity contribution < 1.29 is 9.13 Å². The molecule has 20 heavy (non-hydrogen) atoms. The summed E-state index contributed by atoms with van der Waals surface area (Å²) in [5.74, 6) is -0.0805. The third kappa shape index (κ3) is 2.08. The Kier molecular flexibility index (Phi) is 3.22. The summed E-state index contributed by atoms with van der Waals surface area (Å²) in [6, 6.07) is 13.4. The maximum absolute atomic E-state index is 14.5. The first-order valence-electron chi connectivity index (χ1n) is 6.83. The van der Waals surface area contributed by atoms with Gasteiger partial charge in [0.05, 0.1) is 7.11 Å². The van der Waals surface area contributed by atoms with Crippen molar-refractivity contribution in [1.82, 2.24) is 0 Å². The molecule has 0 fully saturated rings. The molecule has 0 spiro atoms. The van der Waals surface area contributed by atoms with Crippen molar-refractivity contribution in [3.63, 3.8) is 0 Å². The summed E-state index contributed by atoms with van der Waals surface area (Å²) < 4.78 is 19.5. The van der Waals surface area contributed by atoms with Gasteiger partial charge in [-0.05, 0) is 36.5 Å². The molecule has 3 rings (SSSR count). The van der Waals surface area contributed by atoms with E-state index in [9.17, 15) is 4.39 Å². The van der Waals surface area contributed by atoms with Gasteiger partial charge in [0.25, 0.3) is 0 Å². The molecular weight excluding hydrogens is 253 g/mol. The van der Waals surface area contributed by atoms with Gasteiger partial charge in [-0.3, -0.25) is 0 Å². The number of rotatable bonds is 2. The second-order valence-corrected chi connectivity index (χ2v) is 5.42. The maximum atomic E-state index is 14.5. The molecule has 0 aromatic heterocycles. The summed E-state index contributed by atoms with van der Waals surface area (Å²) in [5.41, 5.74) is 8.94. The van der Waals surface area contributed by atoms with Crippen LogP contribution in [0.15, 0.2) is 42.5 Å². The first kappa shape index (κ1) is 13.1. The molecule has 3 heteroatoms. The number of halogens is 1. The van der Waals surface area contributed by atoms with Crippen molar-refractivity contribution in [2.75, 3.05) is 7.11 Å². The smallest absolute Gasteiger partial charge is 0.170 e. The van der Waals surface area contributed by atoms with Gasteiger partial charge in [0, 0.05) is 11.1 Å². The van der Waals surface area contributed by atoms with Crippen molar-refractivity contribution in [2.45, 2.75) is 24.8 Å². The van der Waals surface area contributed by atoms with Gasteiger partial charge in [0.1, 0.15) is 0 Å². The van der Waals surface area contributed by atoms with Crippen LogP contribution >= 0.6 is 0 Å². The van der Waals surface area contributed by atoms with E-state index in [4.69, 9.17) is 10.5 Å². The molecule has 0 heterocycles. The van der Waals surface area contributed by atoms with Crippen molar-refractivity contribution in [3.8, 4) is 5.75 Å². The first-order chi connectivity index (χ1) is 9.64. The van der Waals surface area contributed by atoms with Gasteiger partial charge < -0.3 is 10.5 Å². The number of hydrogen-bond donors (Lipinski definition) is 1. The van der Waals surface area contributed by atoms with Gasteiger partial charge in [-0.25, -0.2) is 4.39 Å². The summed E-state index contributed by atoms with van der Waals surface area (Å²) in [6.07, 6.45) is 2.28. The monoisotopic (exact) mass is 271 g/mol. The Morgan fingerprint density at radius 3 is 2.60 bits per heavy atom. The molecule has 1 atom stereocenters. The van der Waals surface area contributed by atoms with Crippen LogP contribution in [-0.2, 0) is 18.4 Å². The van der Waals surface area contributed by atoms with E-state index < -0.39 is 5.54 Å². The highest BCUT2D eigenvalue weighted by Gasteiger charge is 2.35. The highest BCUT2D eigenvalue weighted by atomic mass is 19.1. The molecule has 1 aliphatic carbocycles. The highest BCUT2D eigenvalue weighted by Crippen LogP contribution is 2.37. The van der Waals surface area contributed by atoms with Gasteiger partial charge in [-0.15, -0.1) is 0 Å². The van der Waals surface area contributed by atoms with Crippen LogP contribution in [0.2, 0.25) is 0 Å². The fourth-order valence-corrected chi connectivity index (χ4v) is 3.04. The second kappa shape index (κ2) is 4.91. The summed E-state index contributed by atoms with van der Waals surface area (Å²) in [5, 5.41) is 0. The van der Waals surface area contributed by atoms with Gasteiger partial charge in [-0.2, -0.15) is 0 Å². The van der Waals surface area contributed by atoms with Gasteiger partial charge in [0.2, 0.25) is 0 Å². The van der Waals surface area contributed by atoms with E-state index in [-0.39, 0.29) is 11.6 Å². The van der Waals surface area contributed by atoms with Gasteiger partial charge in [0.15, 0.2) is 11.6 Å². The summed E-state index contributed by atoms with van der Waals surface area (Å²) >= 11 is 0. The SMILES string of the molecule is COc1cccc(C2(N)CCc3ccccc3C2)c1F. The maximum Gasteiger partial charge on any atom is 0.170 e. The van der Waals surface area contributed by atoms with Crippen LogP contribution in [0.1, 0.15) is 23.1 Å². The highest BCUT2D eigenvalue weighted by molar-refractivity contribution is 5.40. The second-order valence-electron chi connectivity index (χ2n) is 5.42. The minimum absolute atomic E-state index is 0.256. The summed E-state index contributed by atoms with van der Waals surface area (Å²) in [4.78, 5) is 0. The average Bonchev–Trinajstić information content (AvgIpc) is 2.47. The lowest BCUT2D eigenvalue weighted by Gasteiger charge is -2.35. The molecule has 0 radical (unpaired) electrons. The molecule has 0 amide bonds. The predicted octanol–water partition coefficient (Wildman–Crippen LogP) is 3.18. The van der Waals surface area contributed by atoms with E-state index in [0.29, 0.717) is 12.0 Å². The normalized spacial score (nSPS) is 21.4. The Hall–Kier alpha value is -1.87. The average molecular weight is 271 g/mol. The van der Waals surface area contributed by atoms with Crippen LogP contribution in [0.4, 0.5) is 4.39 Å². The molecule has 2 N–H and O–H groups in total. The predicted molar refractivity (Wildman–Crippen MR) is 77.3 cm³/mol. The Bertz CT molecular complexity index is 641. The van der Waals surface area contributed by atoms with Crippen LogP contribution in [-0.4, -0.2) is 7.11 Å². The Labute approximate surface area is 118 Å². The molecule has 1 aliphatic rings. The lowest BCUT2D eigenvalue weighted by atomic mass is 9.74. The van der Waals surface area contributed by atoms with E-state index in [1.807, 2.05) is 12.1 Å². The molecule has 2 nitrogen and oxygen atoms in total. The zero-order chi connectivity index (χ0) is 14.2. The zero-order valence-corrected chi connectivity index (χ0v) is 11.5. The molecule has 0 bridgehead atoms. The largest absolute Gasteiger partial charge is 0.494 e. The molecular formula is C17H18FNO. The van der Waals surface area contributed by atoms with E-state index in [0.717, 1.165) is 12.8 Å². The minimum atomic E-state index is -0.660. The van der Waals surface area contributed by atoms with Crippen molar-refractivity contribution in [3.05, 3.63) is 65.0 Å². The number of ether oxygens (including phenoxy) is 1. The number of nitrogens with two attached hydrogens (primary N) is 1. The minimum Gasteiger partial charge on any atom is -0.494 e. The standard InChI is InChI=1S/C17H18FNO/c1-20-15-8-4-7-14(16(15)18)17(19)10-9-12-5-2-3-6-13(12)11-17/h2-8H,9-11,19H2,1H3. The number of fused-ring (bicyclic) bond motifs is 1. The molecule has 0 saturated heterocycles. The third-order valence-corrected chi connectivity index (χ3v) is 4.18. The van der Waals surface area contributed by atoms with E-state index in [1.165, 1.54) is 18.2 Å². The van der Waals surface area contributed by atoms with Crippen LogP contribution in [0.3, 0.4) is 0 Å². The van der Waals surface area contributed by atoms with Crippen LogP contribution < -0.4 is 10.5 Å². The fourth-order valence-electron chi connectivity index (χ4n) is 3.04.